The Bertz CT molecular complexity index is 1460. The number of carbonyl (C=O) groups excluding carboxylic acids is 1. The molecule has 0 unspecified atom stereocenters. The van der Waals surface area contributed by atoms with Crippen LogP contribution < -0.4 is 9.97 Å². The minimum absolute atomic E-state index is 0. The molecule has 2 aliphatic heterocycles. The van der Waals surface area contributed by atoms with E-state index in [2.05, 4.69) is 86.4 Å². The van der Waals surface area contributed by atoms with Gasteiger partial charge in [0.1, 0.15) is 0 Å². The van der Waals surface area contributed by atoms with E-state index in [-0.39, 0.29) is 19.5 Å². The van der Waals surface area contributed by atoms with Gasteiger partial charge in [-0.25, -0.2) is 9.97 Å². The number of hydrogen-bond donors (Lipinski definition) is 0. The van der Waals surface area contributed by atoms with Gasteiger partial charge in [-0.2, -0.15) is 0 Å². The summed E-state index contributed by atoms with van der Waals surface area (Å²) < 4.78 is 0. The maximum Gasteiger partial charge on any atom is 3.00 e. The van der Waals surface area contributed by atoms with Crippen molar-refractivity contribution in [2.45, 2.75) is 107 Å². The van der Waals surface area contributed by atoms with E-state index in [0.29, 0.717) is 0 Å². The molecule has 0 aliphatic carbocycles. The number of hydrogen-bond acceptors (Lipinski definition) is 3. The minimum Gasteiger partial charge on any atom is -0.657 e. The third-order valence-corrected chi connectivity index (χ3v) is 8.82. The number of rotatable bonds is 8. The summed E-state index contributed by atoms with van der Waals surface area (Å²) in [7, 11) is 0. The second kappa shape index (κ2) is 15.1. The molecule has 5 heterocycles. The van der Waals surface area contributed by atoms with Crippen molar-refractivity contribution in [3.05, 3.63) is 69.3 Å². The summed E-state index contributed by atoms with van der Waals surface area (Å²) in [5, 5.41) is 0. The molecular weight excluding hydrogens is 618 g/mol. The van der Waals surface area contributed by atoms with E-state index in [1.54, 1.807) is 0 Å². The van der Waals surface area contributed by atoms with E-state index < -0.39 is 0 Å². The molecule has 227 valence electrons. The molecule has 1 radical (unpaired) electrons. The Balaban J connectivity index is 0.00000165. The Morgan fingerprint density at radius 2 is 0.651 bits per heavy atom. The first-order chi connectivity index (χ1) is 20.5. The van der Waals surface area contributed by atoms with Gasteiger partial charge in [-0.3, -0.25) is 6.79 Å². The van der Waals surface area contributed by atoms with E-state index in [1.165, 1.54) is 44.5 Å². The van der Waals surface area contributed by atoms with Crippen LogP contribution in [0.3, 0.4) is 0 Å². The first-order valence-electron chi connectivity index (χ1n) is 15.8. The maximum atomic E-state index is 7.75. The molecular formula is C37H45N4ORu. The molecule has 0 amide bonds. The SMILES string of the molecule is CCC1=C(CC)c2cc3[n-]c(cc4nc(cc5[n-]c(cc1n2)c(CC)c5CC)C(CC)=C4CC)c(CC)c3CC.[CH-]=O.[Ru+3]. The Morgan fingerprint density at radius 1 is 0.442 bits per heavy atom. The van der Waals surface area contributed by atoms with Crippen LogP contribution in [-0.2, 0) is 50.0 Å². The fourth-order valence-corrected chi connectivity index (χ4v) is 6.92. The van der Waals surface area contributed by atoms with E-state index in [0.717, 1.165) is 96.2 Å². The van der Waals surface area contributed by atoms with Gasteiger partial charge in [0.05, 0.1) is 22.8 Å². The summed E-state index contributed by atoms with van der Waals surface area (Å²) >= 11 is 0. The predicted molar refractivity (Wildman–Crippen MR) is 178 cm³/mol. The van der Waals surface area contributed by atoms with Crippen LogP contribution in [0.15, 0.2) is 24.3 Å². The minimum atomic E-state index is 0. The van der Waals surface area contributed by atoms with Crippen molar-refractivity contribution in [3.63, 3.8) is 0 Å². The van der Waals surface area contributed by atoms with Gasteiger partial charge in [0, 0.05) is 0 Å². The summed E-state index contributed by atoms with van der Waals surface area (Å²) in [5.74, 6) is 0. The average Bonchev–Trinajstić information content (AvgIpc) is 3.73. The Labute approximate surface area is 270 Å². The first-order valence-corrected chi connectivity index (χ1v) is 15.8. The monoisotopic (exact) mass is 663 g/mol. The third kappa shape index (κ3) is 6.13. The summed E-state index contributed by atoms with van der Waals surface area (Å²) in [6, 6.07) is 8.98. The zero-order valence-electron chi connectivity index (χ0n) is 27.1. The van der Waals surface area contributed by atoms with Crippen LogP contribution in [0.4, 0.5) is 0 Å². The van der Waals surface area contributed by atoms with Crippen molar-refractivity contribution in [3.8, 4) is 0 Å². The smallest absolute Gasteiger partial charge is 0.657 e. The van der Waals surface area contributed by atoms with Crippen LogP contribution in [0.5, 0.6) is 0 Å². The Kier molecular flexibility index (Phi) is 12.0. The number of nitrogens with zero attached hydrogens (tertiary/aromatic N) is 4. The van der Waals surface area contributed by atoms with Crippen molar-refractivity contribution >= 4 is 51.1 Å². The molecule has 5 nitrogen and oxygen atoms in total. The Morgan fingerprint density at radius 3 is 0.814 bits per heavy atom. The predicted octanol–water partition coefficient (Wildman–Crippen LogP) is 9.01. The number of aromatic nitrogens is 4. The molecule has 0 atom stereocenters. The van der Waals surface area contributed by atoms with E-state index >= 15 is 0 Å². The van der Waals surface area contributed by atoms with Crippen molar-refractivity contribution < 1.29 is 24.3 Å². The van der Waals surface area contributed by atoms with Gasteiger partial charge in [-0.05, 0) is 73.7 Å². The van der Waals surface area contributed by atoms with Gasteiger partial charge in [-0.15, -0.1) is 22.1 Å². The van der Waals surface area contributed by atoms with Gasteiger partial charge in [0.2, 0.25) is 0 Å². The van der Waals surface area contributed by atoms with Crippen LogP contribution in [0, 0.1) is 0 Å². The van der Waals surface area contributed by atoms with Crippen LogP contribution in [-0.4, -0.2) is 16.8 Å². The third-order valence-electron chi connectivity index (χ3n) is 8.82. The van der Waals surface area contributed by atoms with Crippen molar-refractivity contribution in [1.29, 1.82) is 0 Å². The molecule has 5 rings (SSSR count). The second-order valence-corrected chi connectivity index (χ2v) is 10.8. The fraction of sp³-hybridized carbons (Fsp3) is 0.432. The van der Waals surface area contributed by atoms with Gasteiger partial charge in [-0.1, -0.05) is 102 Å². The first kappa shape index (κ1) is 34.4. The zero-order chi connectivity index (χ0) is 30.6. The van der Waals surface area contributed by atoms with Crippen LogP contribution in [0.25, 0.3) is 44.4 Å². The van der Waals surface area contributed by atoms with Gasteiger partial charge in [0.15, 0.2) is 0 Å². The molecule has 2 aliphatic rings. The molecule has 0 saturated heterocycles. The molecule has 0 spiro atoms. The largest absolute Gasteiger partial charge is 3.00 e. The maximum absolute atomic E-state index is 7.75. The van der Waals surface area contributed by atoms with Crippen molar-refractivity contribution in [2.24, 2.45) is 0 Å². The summed E-state index contributed by atoms with van der Waals surface area (Å²) in [6.07, 6.45) is 7.60. The van der Waals surface area contributed by atoms with Crippen molar-refractivity contribution in [1.82, 2.24) is 19.9 Å². The normalized spacial score (nSPS) is 12.7. The van der Waals surface area contributed by atoms with Crippen LogP contribution in [0.2, 0.25) is 0 Å². The van der Waals surface area contributed by atoms with Crippen LogP contribution >= 0.6 is 0 Å². The molecule has 8 bridgehead atoms. The van der Waals surface area contributed by atoms with Gasteiger partial charge in [0.25, 0.3) is 0 Å². The second-order valence-electron chi connectivity index (χ2n) is 10.8. The average molecular weight is 663 g/mol. The van der Waals surface area contributed by atoms with Crippen LogP contribution in [0.1, 0.15) is 126 Å². The zero-order valence-corrected chi connectivity index (χ0v) is 28.8. The number of aryl methyl sites for hydroxylation is 4. The summed E-state index contributed by atoms with van der Waals surface area (Å²) in [4.78, 5) is 28.8. The molecule has 0 N–H and O–H groups in total. The molecule has 6 heteroatoms. The van der Waals surface area contributed by atoms with E-state index in [9.17, 15) is 0 Å². The number of fused-ring (bicyclic) bond motifs is 8. The van der Waals surface area contributed by atoms with Gasteiger partial charge >= 0.3 is 19.5 Å². The number of allylic oxidation sites excluding steroid dienone is 4. The van der Waals surface area contributed by atoms with E-state index in [4.69, 9.17) is 24.7 Å². The standard InChI is InChI=1S/C36H44N4.CHO.Ru/c1-9-21-22(10-2)30-18-32-25(13-5)26(14-6)34(39-32)20-36-28(16-8)27(15-7)35(40-36)19-33-24(12-4)23(11-3)31(38-33)17-29(21)37-30;1-2;/h17-20H,9-16H2,1-8H3;1H;/q-2;-1;+3. The summed E-state index contributed by atoms with van der Waals surface area (Å²) in [5.41, 5.74) is 19.1. The quantitative estimate of drug-likeness (QED) is 0.137. The summed E-state index contributed by atoms with van der Waals surface area (Å²) in [6.45, 7) is 21.2. The molecule has 3 aromatic rings. The molecule has 0 saturated carbocycles. The van der Waals surface area contributed by atoms with Crippen molar-refractivity contribution in [2.75, 3.05) is 0 Å². The molecule has 43 heavy (non-hydrogen) atoms. The van der Waals surface area contributed by atoms with E-state index in [1.807, 2.05) is 0 Å². The topological polar surface area (TPSA) is 71.1 Å². The molecule has 0 aromatic carbocycles. The fourth-order valence-electron chi connectivity index (χ4n) is 6.92. The molecule has 0 fully saturated rings. The molecule has 3 aromatic heterocycles. The Hall–Kier alpha value is -3.11. The van der Waals surface area contributed by atoms with Gasteiger partial charge < -0.3 is 14.8 Å².